The smallest absolute Gasteiger partial charge is 0.316 e. The monoisotopic (exact) mass is 240 g/mol. The molecule has 0 aliphatic heterocycles. The quantitative estimate of drug-likeness (QED) is 0.795. The van der Waals surface area contributed by atoms with Crippen molar-refractivity contribution >= 4 is 18.6 Å². The third kappa shape index (κ3) is 5.81. The van der Waals surface area contributed by atoms with E-state index in [4.69, 9.17) is 5.11 Å². The maximum atomic E-state index is 9.85. The third-order valence-corrected chi connectivity index (χ3v) is 2.90. The van der Waals surface area contributed by atoms with E-state index in [0.29, 0.717) is 6.42 Å². The van der Waals surface area contributed by atoms with Gasteiger partial charge in [0.1, 0.15) is 0 Å². The van der Waals surface area contributed by atoms with Crippen molar-refractivity contribution in [3.8, 4) is 0 Å². The first-order valence-electron chi connectivity index (χ1n) is 5.48. The van der Waals surface area contributed by atoms with Gasteiger partial charge in [0, 0.05) is 0 Å². The highest BCUT2D eigenvalue weighted by atomic mass is 32.1. The van der Waals surface area contributed by atoms with Crippen LogP contribution in [0.1, 0.15) is 31.4 Å². The van der Waals surface area contributed by atoms with Crippen LogP contribution in [0.2, 0.25) is 0 Å². The molecule has 1 unspecified atom stereocenters. The van der Waals surface area contributed by atoms with Crippen LogP contribution in [0.25, 0.3) is 0 Å². The molecule has 0 saturated carbocycles. The molecule has 0 heterocycles. The second kappa shape index (κ2) is 8.22. The molecule has 0 aliphatic carbocycles. The third-order valence-electron chi connectivity index (χ3n) is 2.31. The Morgan fingerprint density at radius 3 is 2.19 bits per heavy atom. The highest BCUT2D eigenvalue weighted by Crippen LogP contribution is 2.06. The number of carboxylic acids is 1. The molecule has 1 aromatic carbocycles. The molecule has 1 aromatic rings. The van der Waals surface area contributed by atoms with Crippen LogP contribution in [0.15, 0.2) is 24.3 Å². The Hall–Kier alpha value is -0.960. The Balaban J connectivity index is 0.000000293. The molecule has 0 radical (unpaired) electrons. The molecule has 1 atom stereocenters. The number of hydrogen-bond donors (Lipinski definition) is 2. The number of aliphatic carboxylic acids is 1. The van der Waals surface area contributed by atoms with Crippen molar-refractivity contribution in [1.82, 2.24) is 0 Å². The van der Waals surface area contributed by atoms with E-state index in [1.807, 2.05) is 0 Å². The summed E-state index contributed by atoms with van der Waals surface area (Å²) in [5.74, 6) is -0.842. The summed E-state index contributed by atoms with van der Waals surface area (Å²) in [4.78, 5) is 9.85. The summed E-state index contributed by atoms with van der Waals surface area (Å²) >= 11 is 3.73. The Labute approximate surface area is 103 Å². The predicted molar refractivity (Wildman–Crippen MR) is 71.3 cm³/mol. The summed E-state index contributed by atoms with van der Waals surface area (Å²) in [5, 5.41) is 7.62. The summed E-state index contributed by atoms with van der Waals surface area (Å²) in [6.45, 7) is 6.12. The first kappa shape index (κ1) is 15.0. The van der Waals surface area contributed by atoms with E-state index in [9.17, 15) is 4.79 Å². The second-order valence-electron chi connectivity index (χ2n) is 3.54. The van der Waals surface area contributed by atoms with Gasteiger partial charge in [0.05, 0.1) is 5.25 Å². The van der Waals surface area contributed by atoms with Crippen LogP contribution in [0.3, 0.4) is 0 Å². The summed E-state index contributed by atoms with van der Waals surface area (Å²) in [7, 11) is 0. The largest absolute Gasteiger partial charge is 0.480 e. The van der Waals surface area contributed by atoms with Crippen LogP contribution in [0.5, 0.6) is 0 Å². The number of benzene rings is 1. The summed E-state index contributed by atoms with van der Waals surface area (Å²) in [6.07, 6.45) is 1.73. The van der Waals surface area contributed by atoms with E-state index in [1.165, 1.54) is 11.1 Å². The van der Waals surface area contributed by atoms with Gasteiger partial charge in [-0.2, -0.15) is 12.6 Å². The van der Waals surface area contributed by atoms with Crippen molar-refractivity contribution < 1.29 is 9.90 Å². The normalized spacial score (nSPS) is 11.2. The molecule has 3 heteroatoms. The number of hydrogen-bond acceptors (Lipinski definition) is 2. The SMILES string of the molecule is CCC(S)C(=O)O.CCc1ccccc1C. The number of rotatable bonds is 3. The Morgan fingerprint density at radius 1 is 1.38 bits per heavy atom. The fourth-order valence-corrected chi connectivity index (χ4v) is 1.18. The molecular formula is C13H20O2S. The van der Waals surface area contributed by atoms with E-state index in [2.05, 4.69) is 50.7 Å². The summed E-state index contributed by atoms with van der Waals surface area (Å²) in [5.41, 5.74) is 2.86. The molecule has 90 valence electrons. The van der Waals surface area contributed by atoms with Gasteiger partial charge in [0.25, 0.3) is 0 Å². The Bertz CT molecular complexity index is 323. The topological polar surface area (TPSA) is 37.3 Å². The molecule has 0 saturated heterocycles. The van der Waals surface area contributed by atoms with Gasteiger partial charge < -0.3 is 5.11 Å². The molecule has 0 aromatic heterocycles. The van der Waals surface area contributed by atoms with E-state index >= 15 is 0 Å². The highest BCUT2D eigenvalue weighted by Gasteiger charge is 2.06. The van der Waals surface area contributed by atoms with Crippen LogP contribution < -0.4 is 0 Å². The van der Waals surface area contributed by atoms with Gasteiger partial charge in [-0.1, -0.05) is 38.1 Å². The minimum absolute atomic E-state index is 0.486. The molecule has 1 rings (SSSR count). The molecule has 0 aliphatic rings. The maximum absolute atomic E-state index is 9.85. The van der Waals surface area contributed by atoms with Crippen molar-refractivity contribution in [2.75, 3.05) is 0 Å². The van der Waals surface area contributed by atoms with Crippen molar-refractivity contribution in [2.24, 2.45) is 0 Å². The summed E-state index contributed by atoms with van der Waals surface area (Å²) < 4.78 is 0. The fraction of sp³-hybridized carbons (Fsp3) is 0.462. The average Bonchev–Trinajstić information content (AvgIpc) is 2.29. The lowest BCUT2D eigenvalue weighted by atomic mass is 10.1. The van der Waals surface area contributed by atoms with Crippen molar-refractivity contribution in [3.05, 3.63) is 35.4 Å². The standard InChI is InChI=1S/C9H12.C4H8O2S/c1-3-9-7-5-4-6-8(9)2;1-2-3(7)4(5)6/h4-7H,3H2,1-2H3;3,7H,2H2,1H3,(H,5,6). The fourth-order valence-electron chi connectivity index (χ4n) is 1.18. The van der Waals surface area contributed by atoms with E-state index in [0.717, 1.165) is 6.42 Å². The second-order valence-corrected chi connectivity index (χ2v) is 4.17. The predicted octanol–water partition coefficient (Wildman–Crippen LogP) is 3.34. The minimum atomic E-state index is -0.842. The molecule has 0 amide bonds. The van der Waals surface area contributed by atoms with Gasteiger partial charge >= 0.3 is 5.97 Å². The van der Waals surface area contributed by atoms with Crippen LogP contribution in [0.4, 0.5) is 0 Å². The number of thiol groups is 1. The minimum Gasteiger partial charge on any atom is -0.480 e. The van der Waals surface area contributed by atoms with Gasteiger partial charge in [0.15, 0.2) is 0 Å². The van der Waals surface area contributed by atoms with Crippen molar-refractivity contribution in [3.63, 3.8) is 0 Å². The lowest BCUT2D eigenvalue weighted by Crippen LogP contribution is -2.10. The molecule has 0 spiro atoms. The zero-order chi connectivity index (χ0) is 12.6. The van der Waals surface area contributed by atoms with Gasteiger partial charge in [-0.05, 0) is 30.9 Å². The molecule has 1 N–H and O–H groups in total. The lowest BCUT2D eigenvalue weighted by molar-refractivity contribution is -0.136. The van der Waals surface area contributed by atoms with E-state index < -0.39 is 11.2 Å². The highest BCUT2D eigenvalue weighted by molar-refractivity contribution is 7.81. The number of carboxylic acid groups (broad SMARTS) is 1. The Kier molecular flexibility index (Phi) is 7.73. The first-order chi connectivity index (χ1) is 7.52. The van der Waals surface area contributed by atoms with Crippen LogP contribution in [-0.2, 0) is 11.2 Å². The zero-order valence-electron chi connectivity index (χ0n) is 10.1. The van der Waals surface area contributed by atoms with Gasteiger partial charge in [-0.25, -0.2) is 0 Å². The van der Waals surface area contributed by atoms with Gasteiger partial charge in [0.2, 0.25) is 0 Å². The summed E-state index contributed by atoms with van der Waals surface area (Å²) in [6, 6.07) is 8.49. The average molecular weight is 240 g/mol. The number of carbonyl (C=O) groups is 1. The Morgan fingerprint density at radius 2 is 1.94 bits per heavy atom. The van der Waals surface area contributed by atoms with E-state index in [-0.39, 0.29) is 0 Å². The van der Waals surface area contributed by atoms with Gasteiger partial charge in [-0.3, -0.25) is 4.79 Å². The van der Waals surface area contributed by atoms with Crippen molar-refractivity contribution in [2.45, 2.75) is 38.9 Å². The van der Waals surface area contributed by atoms with Crippen LogP contribution >= 0.6 is 12.6 Å². The maximum Gasteiger partial charge on any atom is 0.316 e. The van der Waals surface area contributed by atoms with Gasteiger partial charge in [-0.15, -0.1) is 0 Å². The van der Waals surface area contributed by atoms with Crippen molar-refractivity contribution in [1.29, 1.82) is 0 Å². The number of aryl methyl sites for hydroxylation is 2. The first-order valence-corrected chi connectivity index (χ1v) is 5.99. The van der Waals surface area contributed by atoms with Crippen LogP contribution in [0, 0.1) is 6.92 Å². The lowest BCUT2D eigenvalue weighted by Gasteiger charge is -1.98. The zero-order valence-corrected chi connectivity index (χ0v) is 11.0. The van der Waals surface area contributed by atoms with Crippen LogP contribution in [-0.4, -0.2) is 16.3 Å². The molecule has 0 bridgehead atoms. The van der Waals surface area contributed by atoms with E-state index in [1.54, 1.807) is 6.92 Å². The molecule has 2 nitrogen and oxygen atoms in total. The molecule has 16 heavy (non-hydrogen) atoms. The molecule has 0 fully saturated rings. The molecular weight excluding hydrogens is 220 g/mol.